The molecule has 1 aliphatic heterocycles. The lowest BCUT2D eigenvalue weighted by Crippen LogP contribution is -2.51. The number of alkyl halides is 1. The number of aromatic nitrogens is 2. The molecule has 0 bridgehead atoms. The van der Waals surface area contributed by atoms with Crippen molar-refractivity contribution in [3.63, 3.8) is 0 Å². The summed E-state index contributed by atoms with van der Waals surface area (Å²) in [6, 6.07) is 6.43. The summed E-state index contributed by atoms with van der Waals surface area (Å²) < 4.78 is 28.5. The highest BCUT2D eigenvalue weighted by molar-refractivity contribution is 7.80. The number of nitrogens with zero attached hydrogens (tertiary/aromatic N) is 3. The Morgan fingerprint density at radius 2 is 2.03 bits per heavy atom. The van der Waals surface area contributed by atoms with Crippen molar-refractivity contribution in [3.8, 4) is 11.3 Å². The maximum atomic E-state index is 14.3. The molecule has 10 heteroatoms. The molecule has 0 atom stereocenters. The second-order valence-electron chi connectivity index (χ2n) is 9.31. The molecule has 1 aliphatic carbocycles. The number of nitrogens with two attached hydrogens (primary N) is 1. The van der Waals surface area contributed by atoms with Gasteiger partial charge in [0.15, 0.2) is 0 Å². The van der Waals surface area contributed by atoms with Crippen molar-refractivity contribution in [3.05, 3.63) is 59.2 Å². The van der Waals surface area contributed by atoms with Crippen molar-refractivity contribution in [2.75, 3.05) is 25.0 Å². The van der Waals surface area contributed by atoms with E-state index in [0.717, 1.165) is 25.0 Å². The summed E-state index contributed by atoms with van der Waals surface area (Å²) in [6.07, 6.45) is 9.04. The number of likely N-dealkylation sites (tertiary alicyclic amines) is 1. The van der Waals surface area contributed by atoms with E-state index in [1.165, 1.54) is 24.4 Å². The van der Waals surface area contributed by atoms with Crippen molar-refractivity contribution in [2.24, 2.45) is 11.7 Å². The lowest BCUT2D eigenvalue weighted by atomic mass is 9.76. The topological polar surface area (TPSA) is 87.3 Å². The van der Waals surface area contributed by atoms with E-state index >= 15 is 0 Å². The fourth-order valence-electron chi connectivity index (χ4n) is 4.66. The fourth-order valence-corrected chi connectivity index (χ4v) is 4.99. The number of aliphatic hydroxyl groups excluding tert-OH is 1. The zero-order chi connectivity index (χ0) is 25.0. The summed E-state index contributed by atoms with van der Waals surface area (Å²) in [6.45, 7) is 1.00. The normalized spacial score (nSPS) is 22.8. The molecular weight excluding hydrogens is 492 g/mol. The van der Waals surface area contributed by atoms with Crippen LogP contribution in [0.4, 0.5) is 14.5 Å². The Hall–Kier alpha value is -2.20. The van der Waals surface area contributed by atoms with Crippen LogP contribution in [0.15, 0.2) is 53.3 Å². The predicted octanol–water partition coefficient (Wildman–Crippen LogP) is 4.96. The Morgan fingerprint density at radius 1 is 1.29 bits per heavy atom. The molecule has 0 amide bonds. The third-order valence-corrected chi connectivity index (χ3v) is 7.47. The molecule has 35 heavy (non-hydrogen) atoms. The highest BCUT2D eigenvalue weighted by Crippen LogP contribution is 2.38. The molecule has 188 valence electrons. The second-order valence-corrected chi connectivity index (χ2v) is 10.2. The van der Waals surface area contributed by atoms with Crippen molar-refractivity contribution in [1.29, 1.82) is 0 Å². The summed E-state index contributed by atoms with van der Waals surface area (Å²) in [5.74, 6) is 0.0843. The number of aliphatic hydroxyl groups is 1. The number of hydrogen-bond acceptors (Lipinski definition) is 7. The van der Waals surface area contributed by atoms with Crippen LogP contribution in [0.5, 0.6) is 0 Å². The van der Waals surface area contributed by atoms with Crippen LogP contribution in [-0.2, 0) is 0 Å². The molecule has 0 unspecified atom stereocenters. The Kier molecular flexibility index (Phi) is 8.31. The Bertz CT molecular complexity index is 1100. The third kappa shape index (κ3) is 6.33. The van der Waals surface area contributed by atoms with Crippen molar-refractivity contribution < 1.29 is 13.9 Å². The van der Waals surface area contributed by atoms with Gasteiger partial charge in [-0.15, -0.1) is 22.8 Å². The van der Waals surface area contributed by atoms with Gasteiger partial charge in [0.1, 0.15) is 16.5 Å². The number of allylic oxidation sites excluding steroid dienone is 2. The summed E-state index contributed by atoms with van der Waals surface area (Å²) in [7, 11) is 0. The molecule has 0 radical (unpaired) electrons. The summed E-state index contributed by atoms with van der Waals surface area (Å²) in [5.41, 5.74) is 6.18. The predicted molar refractivity (Wildman–Crippen MR) is 138 cm³/mol. The van der Waals surface area contributed by atoms with Gasteiger partial charge < -0.3 is 21.1 Å². The van der Waals surface area contributed by atoms with Crippen molar-refractivity contribution in [1.82, 2.24) is 15.1 Å². The highest BCUT2D eigenvalue weighted by atomic mass is 35.5. The molecule has 4 N–H and O–H groups in total. The second kappa shape index (κ2) is 11.2. The SMILES string of the molecule is N/C=C\C(=C/CC1CC(N2CCC(F)(CO)CC2)C1)Nc1cc(-c2cc(Cl)ccc2F)nnc1S. The van der Waals surface area contributed by atoms with Gasteiger partial charge in [0.2, 0.25) is 0 Å². The first-order valence-electron chi connectivity index (χ1n) is 11.7. The van der Waals surface area contributed by atoms with Gasteiger partial charge in [0.05, 0.1) is 18.0 Å². The van der Waals surface area contributed by atoms with Gasteiger partial charge in [-0.3, -0.25) is 0 Å². The lowest BCUT2D eigenvalue weighted by Gasteiger charge is -2.46. The quantitative estimate of drug-likeness (QED) is 0.290. The minimum atomic E-state index is -1.41. The van der Waals surface area contributed by atoms with Crippen LogP contribution in [0.1, 0.15) is 32.1 Å². The summed E-state index contributed by atoms with van der Waals surface area (Å²) in [5, 5.41) is 21.4. The van der Waals surface area contributed by atoms with E-state index in [9.17, 15) is 13.9 Å². The highest BCUT2D eigenvalue weighted by Gasteiger charge is 2.39. The standard InChI is InChI=1S/C25H30ClF2N5OS/c26-17-2-4-21(27)20(13-17)22-14-23(24(35)32-31-22)30-18(5-8-29)3-1-16-11-19(12-16)33-9-6-25(28,15-34)7-10-33/h2-5,8,13-14,16,19,34H,1,6-7,9-12,15,29H2,(H,30,31)(H,32,35)/b8-5-,18-3+. The van der Waals surface area contributed by atoms with E-state index < -0.39 is 11.5 Å². The average molecular weight is 522 g/mol. The molecule has 1 saturated carbocycles. The number of nitrogens with one attached hydrogen (secondary N) is 1. The van der Waals surface area contributed by atoms with Crippen LogP contribution in [0.2, 0.25) is 5.02 Å². The zero-order valence-electron chi connectivity index (χ0n) is 19.3. The Labute approximate surface area is 214 Å². The van der Waals surface area contributed by atoms with Crippen LogP contribution < -0.4 is 11.1 Å². The molecule has 1 aromatic carbocycles. The number of piperidine rings is 1. The van der Waals surface area contributed by atoms with Crippen molar-refractivity contribution in [2.45, 2.75) is 48.8 Å². The van der Waals surface area contributed by atoms with E-state index in [1.54, 1.807) is 12.1 Å². The van der Waals surface area contributed by atoms with Crippen LogP contribution in [-0.4, -0.2) is 51.6 Å². The average Bonchev–Trinajstić information content (AvgIpc) is 2.82. The molecule has 4 rings (SSSR count). The van der Waals surface area contributed by atoms with E-state index in [0.29, 0.717) is 59.3 Å². The summed E-state index contributed by atoms with van der Waals surface area (Å²) in [4.78, 5) is 2.35. The number of benzene rings is 1. The maximum Gasteiger partial charge on any atom is 0.139 e. The maximum absolute atomic E-state index is 14.3. The van der Waals surface area contributed by atoms with Gasteiger partial charge in [-0.05, 0) is 74.6 Å². The monoisotopic (exact) mass is 521 g/mol. The van der Waals surface area contributed by atoms with Gasteiger partial charge in [0, 0.05) is 35.4 Å². The van der Waals surface area contributed by atoms with Gasteiger partial charge in [-0.1, -0.05) is 17.7 Å². The van der Waals surface area contributed by atoms with Crippen LogP contribution in [0.25, 0.3) is 11.3 Å². The zero-order valence-corrected chi connectivity index (χ0v) is 21.0. The molecule has 2 fully saturated rings. The van der Waals surface area contributed by atoms with E-state index in [1.807, 2.05) is 0 Å². The molecule has 2 heterocycles. The molecular formula is C25H30ClF2N5OS. The van der Waals surface area contributed by atoms with Crippen LogP contribution in [0.3, 0.4) is 0 Å². The first-order chi connectivity index (χ1) is 16.8. The van der Waals surface area contributed by atoms with Crippen LogP contribution in [0, 0.1) is 11.7 Å². The first kappa shape index (κ1) is 25.9. The van der Waals surface area contributed by atoms with Gasteiger partial charge in [0.25, 0.3) is 0 Å². The molecule has 2 aliphatic rings. The van der Waals surface area contributed by atoms with Gasteiger partial charge in [-0.2, -0.15) is 0 Å². The Balaban J connectivity index is 1.38. The van der Waals surface area contributed by atoms with E-state index in [4.69, 9.17) is 17.3 Å². The molecule has 0 spiro atoms. The minimum Gasteiger partial charge on any atom is -0.405 e. The fraction of sp³-hybridized carbons (Fsp3) is 0.440. The van der Waals surface area contributed by atoms with Gasteiger partial charge >= 0.3 is 0 Å². The smallest absolute Gasteiger partial charge is 0.139 e. The molecule has 2 aromatic rings. The number of halogens is 3. The number of anilines is 1. The minimum absolute atomic E-state index is 0.253. The van der Waals surface area contributed by atoms with Crippen LogP contribution >= 0.6 is 24.2 Å². The van der Waals surface area contributed by atoms with E-state index in [-0.39, 0.29) is 12.2 Å². The van der Waals surface area contributed by atoms with Gasteiger partial charge in [-0.25, -0.2) is 8.78 Å². The van der Waals surface area contributed by atoms with Crippen molar-refractivity contribution >= 4 is 29.9 Å². The third-order valence-electron chi connectivity index (χ3n) is 6.91. The first-order valence-corrected chi connectivity index (χ1v) is 12.5. The number of thiol groups is 1. The molecule has 1 saturated heterocycles. The molecule has 1 aromatic heterocycles. The summed E-state index contributed by atoms with van der Waals surface area (Å²) >= 11 is 10.4. The largest absolute Gasteiger partial charge is 0.405 e. The van der Waals surface area contributed by atoms with E-state index in [2.05, 4.69) is 39.1 Å². The lowest BCUT2D eigenvalue weighted by molar-refractivity contribution is -0.0242. The Morgan fingerprint density at radius 3 is 2.71 bits per heavy atom. The number of rotatable bonds is 8. The number of hydrogen-bond donors (Lipinski definition) is 4. The molecule has 6 nitrogen and oxygen atoms in total.